The summed E-state index contributed by atoms with van der Waals surface area (Å²) in [5, 5.41) is 8.95. The Bertz CT molecular complexity index is 338. The minimum Gasteiger partial charge on any atom is -0.395 e. The summed E-state index contributed by atoms with van der Waals surface area (Å²) in [4.78, 5) is 18.6. The van der Waals surface area contributed by atoms with Crippen LogP contribution in [0.5, 0.6) is 0 Å². The van der Waals surface area contributed by atoms with Crippen LogP contribution in [0.4, 0.5) is 0 Å². The van der Waals surface area contributed by atoms with Crippen molar-refractivity contribution in [3.8, 4) is 0 Å². The summed E-state index contributed by atoms with van der Waals surface area (Å²) in [6, 6.07) is 0. The maximum Gasteiger partial charge on any atom is 0.265 e. The van der Waals surface area contributed by atoms with E-state index in [1.165, 1.54) is 11.3 Å². The van der Waals surface area contributed by atoms with Crippen LogP contribution in [0.25, 0.3) is 0 Å². The summed E-state index contributed by atoms with van der Waals surface area (Å²) >= 11 is 1.36. The van der Waals surface area contributed by atoms with Crippen LogP contribution in [0.3, 0.4) is 0 Å². The molecule has 0 spiro atoms. The largest absolute Gasteiger partial charge is 0.395 e. The van der Waals surface area contributed by atoms with Crippen molar-refractivity contribution in [2.24, 2.45) is 0 Å². The Morgan fingerprint density at radius 1 is 1.56 bits per heavy atom. The van der Waals surface area contributed by atoms with E-state index >= 15 is 0 Å². The average molecular weight is 242 g/mol. The Kier molecular flexibility index (Phi) is 5.42. The van der Waals surface area contributed by atoms with E-state index in [2.05, 4.69) is 11.9 Å². The van der Waals surface area contributed by atoms with Crippen molar-refractivity contribution >= 4 is 17.2 Å². The van der Waals surface area contributed by atoms with E-state index in [1.54, 1.807) is 10.4 Å². The van der Waals surface area contributed by atoms with Gasteiger partial charge >= 0.3 is 0 Å². The molecule has 5 heteroatoms. The fourth-order valence-corrected chi connectivity index (χ4v) is 2.20. The normalized spacial score (nSPS) is 10.4. The molecule has 16 heavy (non-hydrogen) atoms. The van der Waals surface area contributed by atoms with Crippen LogP contribution in [0.1, 0.15) is 35.1 Å². The lowest BCUT2D eigenvalue weighted by Gasteiger charge is -2.20. The molecule has 90 valence electrons. The molecule has 0 aliphatic heterocycles. The molecule has 0 saturated heterocycles. The Morgan fingerprint density at radius 2 is 2.31 bits per heavy atom. The number of hydrogen-bond donors (Lipinski definition) is 1. The molecule has 1 rings (SSSR count). The van der Waals surface area contributed by atoms with Crippen LogP contribution in [-0.4, -0.2) is 40.6 Å². The highest BCUT2D eigenvalue weighted by Gasteiger charge is 2.18. The molecule has 1 aromatic rings. The molecule has 1 amide bonds. The predicted octanol–water partition coefficient (Wildman–Crippen LogP) is 1.69. The smallest absolute Gasteiger partial charge is 0.265 e. The number of thiazole rings is 1. The molecule has 0 atom stereocenters. The molecule has 1 aromatic heterocycles. The first-order valence-corrected chi connectivity index (χ1v) is 6.38. The van der Waals surface area contributed by atoms with Gasteiger partial charge in [0.2, 0.25) is 0 Å². The standard InChI is InChI=1S/C11H18N2O2S/c1-3-4-5-13(6-7-14)11(15)10-9(2)12-8-16-10/h8,14H,3-7H2,1-2H3. The molecule has 0 aromatic carbocycles. The molecule has 0 radical (unpaired) electrons. The van der Waals surface area contributed by atoms with Gasteiger partial charge in [0.15, 0.2) is 0 Å². The number of aliphatic hydroxyl groups is 1. The van der Waals surface area contributed by atoms with Crippen LogP contribution < -0.4 is 0 Å². The number of carbonyl (C=O) groups is 1. The van der Waals surface area contributed by atoms with Gasteiger partial charge < -0.3 is 10.0 Å². The van der Waals surface area contributed by atoms with Crippen molar-refractivity contribution in [3.63, 3.8) is 0 Å². The number of carbonyl (C=O) groups excluding carboxylic acids is 1. The zero-order valence-corrected chi connectivity index (χ0v) is 10.6. The summed E-state index contributed by atoms with van der Waals surface area (Å²) in [6.07, 6.45) is 2.00. The Balaban J connectivity index is 2.70. The van der Waals surface area contributed by atoms with Crippen LogP contribution in [-0.2, 0) is 0 Å². The SMILES string of the molecule is CCCCN(CCO)C(=O)c1scnc1C. The lowest BCUT2D eigenvalue weighted by molar-refractivity contribution is 0.0723. The molecule has 0 saturated carbocycles. The van der Waals surface area contributed by atoms with E-state index in [4.69, 9.17) is 5.11 Å². The first kappa shape index (κ1) is 13.1. The van der Waals surface area contributed by atoms with Gasteiger partial charge in [0, 0.05) is 13.1 Å². The Hall–Kier alpha value is -0.940. The van der Waals surface area contributed by atoms with Gasteiger partial charge in [0.05, 0.1) is 17.8 Å². The van der Waals surface area contributed by atoms with Crippen LogP contribution in [0, 0.1) is 6.92 Å². The number of unbranched alkanes of at least 4 members (excludes halogenated alkanes) is 1. The highest BCUT2D eigenvalue weighted by molar-refractivity contribution is 7.11. The zero-order valence-electron chi connectivity index (χ0n) is 9.77. The highest BCUT2D eigenvalue weighted by Crippen LogP contribution is 2.15. The molecular formula is C11H18N2O2S. The summed E-state index contributed by atoms with van der Waals surface area (Å²) in [6.45, 7) is 5.02. The molecule has 0 fully saturated rings. The van der Waals surface area contributed by atoms with E-state index in [-0.39, 0.29) is 12.5 Å². The number of hydrogen-bond acceptors (Lipinski definition) is 4. The van der Waals surface area contributed by atoms with E-state index in [9.17, 15) is 4.79 Å². The molecule has 0 bridgehead atoms. The second-order valence-corrected chi connectivity index (χ2v) is 4.49. The number of rotatable bonds is 6. The highest BCUT2D eigenvalue weighted by atomic mass is 32.1. The number of aliphatic hydroxyl groups excluding tert-OH is 1. The summed E-state index contributed by atoms with van der Waals surface area (Å²) < 4.78 is 0. The van der Waals surface area contributed by atoms with Crippen molar-refractivity contribution in [2.75, 3.05) is 19.7 Å². The minimum atomic E-state index is -0.0116. The molecular weight excluding hydrogens is 224 g/mol. The van der Waals surface area contributed by atoms with Crippen molar-refractivity contribution in [3.05, 3.63) is 16.1 Å². The second-order valence-electron chi connectivity index (χ2n) is 3.64. The van der Waals surface area contributed by atoms with Gasteiger partial charge in [-0.15, -0.1) is 11.3 Å². The van der Waals surface area contributed by atoms with E-state index < -0.39 is 0 Å². The lowest BCUT2D eigenvalue weighted by Crippen LogP contribution is -2.34. The topological polar surface area (TPSA) is 53.4 Å². The zero-order chi connectivity index (χ0) is 12.0. The number of aromatic nitrogens is 1. The number of nitrogens with zero attached hydrogens (tertiary/aromatic N) is 2. The quantitative estimate of drug-likeness (QED) is 0.826. The van der Waals surface area contributed by atoms with Crippen molar-refractivity contribution < 1.29 is 9.90 Å². The van der Waals surface area contributed by atoms with Gasteiger partial charge in [-0.25, -0.2) is 4.98 Å². The van der Waals surface area contributed by atoms with Crippen molar-refractivity contribution in [1.29, 1.82) is 0 Å². The molecule has 0 aliphatic carbocycles. The Labute approximate surface area is 99.9 Å². The average Bonchev–Trinajstić information content (AvgIpc) is 2.69. The molecule has 0 aliphatic rings. The third-order valence-electron chi connectivity index (χ3n) is 2.38. The predicted molar refractivity (Wildman–Crippen MR) is 64.7 cm³/mol. The molecule has 1 heterocycles. The molecule has 4 nitrogen and oxygen atoms in total. The Morgan fingerprint density at radius 3 is 2.81 bits per heavy atom. The lowest BCUT2D eigenvalue weighted by atomic mass is 10.3. The van der Waals surface area contributed by atoms with E-state index in [1.807, 2.05) is 6.92 Å². The summed E-state index contributed by atoms with van der Waals surface area (Å²) in [7, 11) is 0. The third kappa shape index (κ3) is 3.28. The fraction of sp³-hybridized carbons (Fsp3) is 0.636. The van der Waals surface area contributed by atoms with E-state index in [0.717, 1.165) is 18.5 Å². The van der Waals surface area contributed by atoms with Gasteiger partial charge in [-0.1, -0.05) is 13.3 Å². The fourth-order valence-electron chi connectivity index (χ4n) is 1.44. The summed E-state index contributed by atoms with van der Waals surface area (Å²) in [5.41, 5.74) is 2.45. The van der Waals surface area contributed by atoms with Crippen molar-refractivity contribution in [2.45, 2.75) is 26.7 Å². The maximum atomic E-state index is 12.1. The first-order chi connectivity index (χ1) is 7.70. The first-order valence-electron chi connectivity index (χ1n) is 5.51. The molecule has 0 unspecified atom stereocenters. The van der Waals surface area contributed by atoms with Crippen molar-refractivity contribution in [1.82, 2.24) is 9.88 Å². The van der Waals surface area contributed by atoms with Gasteiger partial charge in [-0.2, -0.15) is 0 Å². The third-order valence-corrected chi connectivity index (χ3v) is 3.30. The van der Waals surface area contributed by atoms with E-state index in [0.29, 0.717) is 18.0 Å². The van der Waals surface area contributed by atoms with Gasteiger partial charge in [0.1, 0.15) is 4.88 Å². The van der Waals surface area contributed by atoms with Gasteiger partial charge in [0.25, 0.3) is 5.91 Å². The number of aryl methyl sites for hydroxylation is 1. The van der Waals surface area contributed by atoms with Gasteiger partial charge in [-0.05, 0) is 13.3 Å². The number of amides is 1. The van der Waals surface area contributed by atoms with Crippen LogP contribution in [0.15, 0.2) is 5.51 Å². The van der Waals surface area contributed by atoms with Crippen LogP contribution >= 0.6 is 11.3 Å². The monoisotopic (exact) mass is 242 g/mol. The minimum absolute atomic E-state index is 0.00725. The summed E-state index contributed by atoms with van der Waals surface area (Å²) in [5.74, 6) is -0.0116. The maximum absolute atomic E-state index is 12.1. The second kappa shape index (κ2) is 6.60. The molecule has 1 N–H and O–H groups in total. The van der Waals surface area contributed by atoms with Gasteiger partial charge in [-0.3, -0.25) is 4.79 Å². The van der Waals surface area contributed by atoms with Crippen LogP contribution in [0.2, 0.25) is 0 Å².